The standard InChI is InChI=1S/C22H18Cl2N2O3/c1-13-16(10-11-19(27)25-15-6-4-3-5-7-15)21(22(28)29-2)26-20(13)17-9-8-14(23)12-18(17)24/h3-12,26H,1-2H3,(H,25,27)/b11-10+. The van der Waals surface area contributed by atoms with Crippen LogP contribution in [0.25, 0.3) is 17.3 Å². The van der Waals surface area contributed by atoms with Crippen molar-refractivity contribution in [3.8, 4) is 11.3 Å². The number of H-pyrrole nitrogens is 1. The summed E-state index contributed by atoms with van der Waals surface area (Å²) in [6, 6.07) is 14.2. The molecule has 0 aliphatic heterocycles. The lowest BCUT2D eigenvalue weighted by Gasteiger charge is -2.04. The molecule has 0 fully saturated rings. The highest BCUT2D eigenvalue weighted by atomic mass is 35.5. The van der Waals surface area contributed by atoms with E-state index in [1.807, 2.05) is 25.1 Å². The first kappa shape index (κ1) is 20.7. The van der Waals surface area contributed by atoms with Crippen LogP contribution in [-0.2, 0) is 9.53 Å². The Morgan fingerprint density at radius 3 is 2.48 bits per heavy atom. The molecule has 0 spiro atoms. The van der Waals surface area contributed by atoms with E-state index in [9.17, 15) is 9.59 Å². The molecule has 2 N–H and O–H groups in total. The molecule has 1 heterocycles. The predicted molar refractivity (Wildman–Crippen MR) is 116 cm³/mol. The summed E-state index contributed by atoms with van der Waals surface area (Å²) >= 11 is 12.3. The quantitative estimate of drug-likeness (QED) is 0.402. The molecule has 0 bridgehead atoms. The number of hydrogen-bond donors (Lipinski definition) is 2. The molecule has 0 aliphatic carbocycles. The van der Waals surface area contributed by atoms with E-state index in [0.717, 1.165) is 5.56 Å². The zero-order valence-electron chi connectivity index (χ0n) is 15.8. The van der Waals surface area contributed by atoms with E-state index in [2.05, 4.69) is 10.3 Å². The van der Waals surface area contributed by atoms with Crippen molar-refractivity contribution in [2.45, 2.75) is 6.92 Å². The third-order valence-electron chi connectivity index (χ3n) is 4.33. The molecule has 29 heavy (non-hydrogen) atoms. The van der Waals surface area contributed by atoms with Gasteiger partial charge in [0.15, 0.2) is 0 Å². The van der Waals surface area contributed by atoms with Crippen LogP contribution in [0.15, 0.2) is 54.6 Å². The monoisotopic (exact) mass is 428 g/mol. The zero-order chi connectivity index (χ0) is 21.0. The molecule has 1 amide bonds. The average Bonchev–Trinajstić information content (AvgIpc) is 3.03. The number of ether oxygens (including phenoxy) is 1. The topological polar surface area (TPSA) is 71.2 Å². The maximum Gasteiger partial charge on any atom is 0.355 e. The fraction of sp³-hybridized carbons (Fsp3) is 0.0909. The smallest absolute Gasteiger partial charge is 0.355 e. The van der Waals surface area contributed by atoms with Gasteiger partial charge in [0.05, 0.1) is 17.8 Å². The number of halogens is 2. The zero-order valence-corrected chi connectivity index (χ0v) is 17.3. The largest absolute Gasteiger partial charge is 0.464 e. The van der Waals surface area contributed by atoms with Gasteiger partial charge in [-0.05, 0) is 48.9 Å². The third kappa shape index (κ3) is 4.70. The van der Waals surface area contributed by atoms with Crippen LogP contribution in [0.1, 0.15) is 21.6 Å². The van der Waals surface area contributed by atoms with E-state index < -0.39 is 5.97 Å². The Morgan fingerprint density at radius 2 is 1.83 bits per heavy atom. The van der Waals surface area contributed by atoms with E-state index in [4.69, 9.17) is 27.9 Å². The van der Waals surface area contributed by atoms with Crippen LogP contribution >= 0.6 is 23.2 Å². The predicted octanol–water partition coefficient (Wildman–Crippen LogP) is 5.74. The molecule has 148 valence electrons. The van der Waals surface area contributed by atoms with Gasteiger partial charge in [0.2, 0.25) is 5.91 Å². The van der Waals surface area contributed by atoms with Crippen molar-refractivity contribution in [1.29, 1.82) is 0 Å². The van der Waals surface area contributed by atoms with Gasteiger partial charge < -0.3 is 15.0 Å². The SMILES string of the molecule is COC(=O)c1[nH]c(-c2ccc(Cl)cc2Cl)c(C)c1/C=C/C(=O)Nc1ccccc1. The highest BCUT2D eigenvalue weighted by Gasteiger charge is 2.21. The van der Waals surface area contributed by atoms with Crippen molar-refractivity contribution in [3.63, 3.8) is 0 Å². The van der Waals surface area contributed by atoms with Crippen LogP contribution in [0.5, 0.6) is 0 Å². The molecule has 5 nitrogen and oxygen atoms in total. The van der Waals surface area contributed by atoms with Crippen molar-refractivity contribution >= 4 is 46.8 Å². The molecular formula is C22H18Cl2N2O3. The molecule has 0 aliphatic rings. The second-order valence-electron chi connectivity index (χ2n) is 6.22. The van der Waals surface area contributed by atoms with Crippen LogP contribution in [0.3, 0.4) is 0 Å². The van der Waals surface area contributed by atoms with Gasteiger partial charge in [0.25, 0.3) is 0 Å². The maximum absolute atomic E-state index is 12.3. The maximum atomic E-state index is 12.3. The molecule has 2 aromatic carbocycles. The number of amides is 1. The Morgan fingerprint density at radius 1 is 1.10 bits per heavy atom. The van der Waals surface area contributed by atoms with Crippen LogP contribution in [0.4, 0.5) is 5.69 Å². The molecule has 0 unspecified atom stereocenters. The number of methoxy groups -OCH3 is 1. The van der Waals surface area contributed by atoms with Crippen molar-refractivity contribution in [3.05, 3.63) is 81.5 Å². The molecule has 0 radical (unpaired) electrons. The van der Waals surface area contributed by atoms with Crippen LogP contribution < -0.4 is 5.32 Å². The fourth-order valence-electron chi connectivity index (χ4n) is 2.91. The summed E-state index contributed by atoms with van der Waals surface area (Å²) in [6.07, 6.45) is 2.94. The lowest BCUT2D eigenvalue weighted by Crippen LogP contribution is -2.08. The molecule has 1 aromatic heterocycles. The van der Waals surface area contributed by atoms with Gasteiger partial charge in [0.1, 0.15) is 5.69 Å². The van der Waals surface area contributed by atoms with Gasteiger partial charge in [-0.25, -0.2) is 4.79 Å². The number of anilines is 1. The first-order chi connectivity index (χ1) is 13.9. The Kier molecular flexibility index (Phi) is 6.42. The van der Waals surface area contributed by atoms with Crippen molar-refractivity contribution < 1.29 is 14.3 Å². The second-order valence-corrected chi connectivity index (χ2v) is 7.06. The summed E-state index contributed by atoms with van der Waals surface area (Å²) in [4.78, 5) is 27.6. The van der Waals surface area contributed by atoms with E-state index in [1.165, 1.54) is 13.2 Å². The molecule has 0 atom stereocenters. The van der Waals surface area contributed by atoms with Gasteiger partial charge in [-0.15, -0.1) is 0 Å². The highest BCUT2D eigenvalue weighted by Crippen LogP contribution is 2.35. The number of carbonyl (C=O) groups is 2. The lowest BCUT2D eigenvalue weighted by atomic mass is 10.0. The van der Waals surface area contributed by atoms with Gasteiger partial charge in [-0.1, -0.05) is 41.4 Å². The second kappa shape index (κ2) is 8.99. The van der Waals surface area contributed by atoms with Crippen molar-refractivity contribution in [2.24, 2.45) is 0 Å². The Bertz CT molecular complexity index is 1090. The van der Waals surface area contributed by atoms with E-state index in [0.29, 0.717) is 32.6 Å². The van der Waals surface area contributed by atoms with Gasteiger partial charge >= 0.3 is 5.97 Å². The average molecular weight is 429 g/mol. The van der Waals surface area contributed by atoms with Crippen LogP contribution in [0.2, 0.25) is 10.0 Å². The molecule has 3 rings (SSSR count). The number of aromatic nitrogens is 1. The summed E-state index contributed by atoms with van der Waals surface area (Å²) in [5.41, 5.74) is 3.53. The highest BCUT2D eigenvalue weighted by molar-refractivity contribution is 6.36. The Balaban J connectivity index is 1.97. The number of aromatic amines is 1. The third-order valence-corrected chi connectivity index (χ3v) is 4.88. The number of hydrogen-bond acceptors (Lipinski definition) is 3. The van der Waals surface area contributed by atoms with Crippen LogP contribution in [-0.4, -0.2) is 24.0 Å². The minimum Gasteiger partial charge on any atom is -0.464 e. The molecule has 7 heteroatoms. The number of benzene rings is 2. The van der Waals surface area contributed by atoms with Gasteiger partial charge in [-0.3, -0.25) is 4.79 Å². The summed E-state index contributed by atoms with van der Waals surface area (Å²) in [5, 5.41) is 3.71. The van der Waals surface area contributed by atoms with E-state index >= 15 is 0 Å². The summed E-state index contributed by atoms with van der Waals surface area (Å²) in [7, 11) is 1.29. The van der Waals surface area contributed by atoms with Gasteiger partial charge in [0, 0.05) is 27.9 Å². The van der Waals surface area contributed by atoms with Crippen molar-refractivity contribution in [1.82, 2.24) is 4.98 Å². The first-order valence-corrected chi connectivity index (χ1v) is 9.46. The first-order valence-electron chi connectivity index (χ1n) is 8.71. The normalized spacial score (nSPS) is 10.9. The minimum absolute atomic E-state index is 0.231. The van der Waals surface area contributed by atoms with Gasteiger partial charge in [-0.2, -0.15) is 0 Å². The minimum atomic E-state index is -0.549. The Labute approximate surface area is 178 Å². The number of esters is 1. The molecular weight excluding hydrogens is 411 g/mol. The van der Waals surface area contributed by atoms with E-state index in [1.54, 1.807) is 36.4 Å². The number of rotatable bonds is 5. The van der Waals surface area contributed by atoms with E-state index in [-0.39, 0.29) is 11.6 Å². The van der Waals surface area contributed by atoms with Crippen molar-refractivity contribution in [2.75, 3.05) is 12.4 Å². The van der Waals surface area contributed by atoms with Crippen LogP contribution in [0, 0.1) is 6.92 Å². The Hall–Kier alpha value is -3.02. The number of carbonyl (C=O) groups excluding carboxylic acids is 2. The molecule has 0 saturated heterocycles. The summed E-state index contributed by atoms with van der Waals surface area (Å²) in [5.74, 6) is -0.869. The summed E-state index contributed by atoms with van der Waals surface area (Å²) in [6.45, 7) is 1.83. The molecule has 0 saturated carbocycles. The summed E-state index contributed by atoms with van der Waals surface area (Å²) < 4.78 is 4.87. The lowest BCUT2D eigenvalue weighted by molar-refractivity contribution is -0.111. The number of nitrogens with one attached hydrogen (secondary N) is 2. The molecule has 3 aromatic rings. The fourth-order valence-corrected chi connectivity index (χ4v) is 3.41. The number of para-hydroxylation sites is 1.